The van der Waals surface area contributed by atoms with E-state index in [0.29, 0.717) is 0 Å². The molecule has 0 saturated carbocycles. The first kappa shape index (κ1) is 16.2. The molecule has 3 aromatic rings. The Morgan fingerprint density at radius 2 is 1.76 bits per heavy atom. The number of aliphatic imine (C=N–C) groups is 1. The van der Waals surface area contributed by atoms with E-state index >= 15 is 0 Å². The Morgan fingerprint density at radius 3 is 2.64 bits per heavy atom. The summed E-state index contributed by atoms with van der Waals surface area (Å²) in [5.41, 5.74) is 3.69. The van der Waals surface area contributed by atoms with Gasteiger partial charge in [0, 0.05) is 23.7 Å². The maximum Gasteiger partial charge on any atom is 0.128 e. The number of hydrogen-bond acceptors (Lipinski definition) is 2. The summed E-state index contributed by atoms with van der Waals surface area (Å²) in [6, 6.07) is 21.2. The predicted molar refractivity (Wildman–Crippen MR) is 107 cm³/mol. The molecule has 3 aromatic carbocycles. The molecule has 126 valence electrons. The Labute approximate surface area is 153 Å². The van der Waals surface area contributed by atoms with Gasteiger partial charge in [0.05, 0.1) is 0 Å². The molecule has 0 unspecified atom stereocenters. The third-order valence-electron chi connectivity index (χ3n) is 4.80. The van der Waals surface area contributed by atoms with E-state index in [0.717, 1.165) is 48.8 Å². The Balaban J connectivity index is 1.66. The van der Waals surface area contributed by atoms with Crippen molar-refractivity contribution in [3.8, 4) is 0 Å². The van der Waals surface area contributed by atoms with Crippen LogP contribution in [0.3, 0.4) is 0 Å². The third kappa shape index (κ3) is 3.40. The highest BCUT2D eigenvalue weighted by atomic mass is 35.5. The van der Waals surface area contributed by atoms with Gasteiger partial charge < -0.3 is 5.32 Å². The lowest BCUT2D eigenvalue weighted by atomic mass is 9.95. The van der Waals surface area contributed by atoms with Crippen molar-refractivity contribution in [3.63, 3.8) is 0 Å². The molecule has 1 aliphatic rings. The van der Waals surface area contributed by atoms with E-state index < -0.39 is 0 Å². The van der Waals surface area contributed by atoms with Gasteiger partial charge in [-0.15, -0.1) is 0 Å². The minimum absolute atomic E-state index is 0.827. The molecule has 0 radical (unpaired) electrons. The second kappa shape index (κ2) is 7.28. The van der Waals surface area contributed by atoms with Crippen LogP contribution < -0.4 is 5.32 Å². The SMILES string of the molecule is Clc1cccc(C2=NCCCN2)c1CCc1cccc2ccccc12. The fraction of sp³-hybridized carbons (Fsp3) is 0.227. The van der Waals surface area contributed by atoms with Crippen LogP contribution in [0.1, 0.15) is 23.1 Å². The smallest absolute Gasteiger partial charge is 0.128 e. The highest BCUT2D eigenvalue weighted by Gasteiger charge is 2.14. The van der Waals surface area contributed by atoms with Crippen molar-refractivity contribution in [2.45, 2.75) is 19.3 Å². The van der Waals surface area contributed by atoms with E-state index in [1.54, 1.807) is 0 Å². The minimum atomic E-state index is 0.827. The van der Waals surface area contributed by atoms with Gasteiger partial charge in [-0.2, -0.15) is 0 Å². The summed E-state index contributed by atoms with van der Waals surface area (Å²) in [5.74, 6) is 0.988. The lowest BCUT2D eigenvalue weighted by molar-refractivity contribution is 0.741. The zero-order valence-electron chi connectivity index (χ0n) is 14.1. The summed E-state index contributed by atoms with van der Waals surface area (Å²) in [6.45, 7) is 1.87. The lowest BCUT2D eigenvalue weighted by Crippen LogP contribution is -2.31. The molecule has 0 bridgehead atoms. The van der Waals surface area contributed by atoms with Crippen molar-refractivity contribution < 1.29 is 0 Å². The summed E-state index contributed by atoms with van der Waals surface area (Å²) >= 11 is 6.55. The number of benzene rings is 3. The molecule has 0 spiro atoms. The molecule has 2 nitrogen and oxygen atoms in total. The molecule has 0 amide bonds. The van der Waals surface area contributed by atoms with Crippen LogP contribution in [0.4, 0.5) is 0 Å². The number of rotatable bonds is 4. The Hall–Kier alpha value is -2.32. The monoisotopic (exact) mass is 348 g/mol. The average Bonchev–Trinajstić information content (AvgIpc) is 2.67. The van der Waals surface area contributed by atoms with E-state index in [1.165, 1.54) is 21.9 Å². The van der Waals surface area contributed by atoms with E-state index in [2.05, 4.69) is 58.8 Å². The topological polar surface area (TPSA) is 24.4 Å². The number of amidine groups is 1. The normalized spacial score (nSPS) is 14.2. The highest BCUT2D eigenvalue weighted by molar-refractivity contribution is 6.32. The van der Waals surface area contributed by atoms with Crippen molar-refractivity contribution in [1.29, 1.82) is 0 Å². The van der Waals surface area contributed by atoms with Crippen molar-refractivity contribution in [2.75, 3.05) is 13.1 Å². The molecule has 0 fully saturated rings. The number of fused-ring (bicyclic) bond motifs is 1. The van der Waals surface area contributed by atoms with Gasteiger partial charge in [0.15, 0.2) is 0 Å². The van der Waals surface area contributed by atoms with Crippen molar-refractivity contribution in [2.24, 2.45) is 4.99 Å². The maximum absolute atomic E-state index is 6.55. The molecule has 0 atom stereocenters. The number of nitrogens with zero attached hydrogens (tertiary/aromatic N) is 1. The van der Waals surface area contributed by atoms with Crippen LogP contribution in [-0.4, -0.2) is 18.9 Å². The molecular weight excluding hydrogens is 328 g/mol. The quantitative estimate of drug-likeness (QED) is 0.703. The second-order valence-electron chi connectivity index (χ2n) is 6.41. The third-order valence-corrected chi connectivity index (χ3v) is 5.15. The predicted octanol–water partition coefficient (Wildman–Crippen LogP) is 5.02. The van der Waals surface area contributed by atoms with Crippen LogP contribution in [0.2, 0.25) is 5.02 Å². The van der Waals surface area contributed by atoms with E-state index in [-0.39, 0.29) is 0 Å². The lowest BCUT2D eigenvalue weighted by Gasteiger charge is -2.18. The van der Waals surface area contributed by atoms with Crippen LogP contribution in [0.5, 0.6) is 0 Å². The van der Waals surface area contributed by atoms with Crippen LogP contribution in [0, 0.1) is 0 Å². The van der Waals surface area contributed by atoms with Crippen LogP contribution in [0.25, 0.3) is 10.8 Å². The van der Waals surface area contributed by atoms with Crippen LogP contribution in [0.15, 0.2) is 65.7 Å². The van der Waals surface area contributed by atoms with Crippen molar-refractivity contribution >= 4 is 28.2 Å². The van der Waals surface area contributed by atoms with Crippen LogP contribution in [-0.2, 0) is 12.8 Å². The van der Waals surface area contributed by atoms with Crippen molar-refractivity contribution in [1.82, 2.24) is 5.32 Å². The highest BCUT2D eigenvalue weighted by Crippen LogP contribution is 2.25. The molecule has 25 heavy (non-hydrogen) atoms. The Morgan fingerprint density at radius 1 is 0.920 bits per heavy atom. The molecule has 0 aliphatic carbocycles. The molecule has 0 saturated heterocycles. The second-order valence-corrected chi connectivity index (χ2v) is 6.82. The first-order chi connectivity index (χ1) is 12.3. The Kier molecular flexibility index (Phi) is 4.71. The fourth-order valence-corrected chi connectivity index (χ4v) is 3.79. The number of halogens is 1. The van der Waals surface area contributed by atoms with Gasteiger partial charge in [-0.1, -0.05) is 66.2 Å². The molecule has 4 rings (SSSR count). The first-order valence-corrected chi connectivity index (χ1v) is 9.23. The van der Waals surface area contributed by atoms with E-state index in [1.807, 2.05) is 12.1 Å². The molecule has 3 heteroatoms. The number of aryl methyl sites for hydroxylation is 1. The minimum Gasteiger partial charge on any atom is -0.370 e. The van der Waals surface area contributed by atoms with E-state index in [4.69, 9.17) is 11.6 Å². The molecule has 1 aliphatic heterocycles. The Bertz CT molecular complexity index is 925. The summed E-state index contributed by atoms with van der Waals surface area (Å²) in [4.78, 5) is 4.65. The maximum atomic E-state index is 6.55. The average molecular weight is 349 g/mol. The fourth-order valence-electron chi connectivity index (χ4n) is 3.52. The van der Waals surface area contributed by atoms with Gasteiger partial charge in [0.25, 0.3) is 0 Å². The standard InChI is InChI=1S/C22H21ClN2/c23-21-11-4-10-20(22-24-14-5-15-25-22)19(21)13-12-17-8-3-7-16-6-1-2-9-18(16)17/h1-4,6-11H,5,12-15H2,(H,24,25). The van der Waals surface area contributed by atoms with Gasteiger partial charge >= 0.3 is 0 Å². The van der Waals surface area contributed by atoms with Gasteiger partial charge in [-0.05, 0) is 47.2 Å². The number of hydrogen-bond donors (Lipinski definition) is 1. The van der Waals surface area contributed by atoms with Gasteiger partial charge in [-0.25, -0.2) is 0 Å². The van der Waals surface area contributed by atoms with Gasteiger partial charge in [-0.3, -0.25) is 4.99 Å². The summed E-state index contributed by atoms with van der Waals surface area (Å²) in [5, 5.41) is 6.86. The molecular formula is C22H21ClN2. The summed E-state index contributed by atoms with van der Waals surface area (Å²) < 4.78 is 0. The number of nitrogens with one attached hydrogen (secondary N) is 1. The molecule has 1 heterocycles. The largest absolute Gasteiger partial charge is 0.370 e. The summed E-state index contributed by atoms with van der Waals surface area (Å²) in [6.07, 6.45) is 2.96. The molecule has 0 aromatic heterocycles. The van der Waals surface area contributed by atoms with E-state index in [9.17, 15) is 0 Å². The summed E-state index contributed by atoms with van der Waals surface area (Å²) in [7, 11) is 0. The van der Waals surface area contributed by atoms with Gasteiger partial charge in [0.1, 0.15) is 5.84 Å². The van der Waals surface area contributed by atoms with Crippen LogP contribution >= 0.6 is 11.6 Å². The van der Waals surface area contributed by atoms with Crippen molar-refractivity contribution in [3.05, 3.63) is 82.4 Å². The zero-order chi connectivity index (χ0) is 17.1. The van der Waals surface area contributed by atoms with Gasteiger partial charge in [0.2, 0.25) is 0 Å². The molecule has 1 N–H and O–H groups in total. The zero-order valence-corrected chi connectivity index (χ0v) is 14.9. The first-order valence-electron chi connectivity index (χ1n) is 8.85.